The molecule has 0 saturated carbocycles. The number of hydrogen-bond donors (Lipinski definition) is 1. The minimum absolute atomic E-state index is 0.0436. The highest BCUT2D eigenvalue weighted by Crippen LogP contribution is 2.53. The van der Waals surface area contributed by atoms with Crippen LogP contribution in [0.3, 0.4) is 0 Å². The van der Waals surface area contributed by atoms with E-state index in [2.05, 4.69) is 72.6 Å². The molecule has 1 saturated heterocycles. The number of fused-ring (bicyclic) bond motifs is 4. The molecule has 1 atom stereocenters. The van der Waals surface area contributed by atoms with Gasteiger partial charge in [0.05, 0.1) is 13.7 Å². The smallest absolute Gasteiger partial charge is 0.241 e. The van der Waals surface area contributed by atoms with Crippen LogP contribution in [0.25, 0.3) is 16.8 Å². The van der Waals surface area contributed by atoms with E-state index in [0.717, 1.165) is 27.8 Å². The van der Waals surface area contributed by atoms with Gasteiger partial charge in [-0.1, -0.05) is 68.5 Å². The fourth-order valence-electron chi connectivity index (χ4n) is 4.97. The second-order valence-corrected chi connectivity index (χ2v) is 8.28. The van der Waals surface area contributed by atoms with Crippen LogP contribution in [-0.2, 0) is 10.2 Å². The number of hydrogen-bond acceptors (Lipinski definition) is 3. The van der Waals surface area contributed by atoms with Gasteiger partial charge in [-0.2, -0.15) is 0 Å². The van der Waals surface area contributed by atoms with Crippen LogP contribution in [0, 0.1) is 0 Å². The van der Waals surface area contributed by atoms with Gasteiger partial charge >= 0.3 is 0 Å². The lowest BCUT2D eigenvalue weighted by Crippen LogP contribution is -2.58. The summed E-state index contributed by atoms with van der Waals surface area (Å²) >= 11 is 0. The van der Waals surface area contributed by atoms with E-state index in [-0.39, 0.29) is 11.3 Å². The van der Waals surface area contributed by atoms with Gasteiger partial charge in [-0.3, -0.25) is 4.79 Å². The Balaban J connectivity index is 1.70. The van der Waals surface area contributed by atoms with Crippen molar-refractivity contribution in [2.45, 2.75) is 24.9 Å². The summed E-state index contributed by atoms with van der Waals surface area (Å²) in [6.07, 6.45) is 4.25. The first kappa shape index (κ1) is 17.8. The summed E-state index contributed by atoms with van der Waals surface area (Å²) in [5.74, 6) is 0.864. The molecule has 0 spiro atoms. The Bertz CT molecular complexity index is 1160. The highest BCUT2D eigenvalue weighted by atomic mass is 16.5. The minimum atomic E-state index is -0.615. The predicted octanol–water partition coefficient (Wildman–Crippen LogP) is 4.49. The first-order valence-corrected chi connectivity index (χ1v) is 9.91. The molecule has 0 aliphatic carbocycles. The molecule has 1 N–H and O–H groups in total. The summed E-state index contributed by atoms with van der Waals surface area (Å²) < 4.78 is 5.66. The molecule has 29 heavy (non-hydrogen) atoms. The Labute approximate surface area is 170 Å². The lowest BCUT2D eigenvalue weighted by atomic mass is 9.75. The van der Waals surface area contributed by atoms with Gasteiger partial charge in [0.2, 0.25) is 5.91 Å². The molecule has 4 heteroatoms. The third-order valence-corrected chi connectivity index (χ3v) is 6.52. The van der Waals surface area contributed by atoms with Crippen LogP contribution in [0.4, 0.5) is 5.69 Å². The van der Waals surface area contributed by atoms with Crippen LogP contribution < -0.4 is 15.0 Å². The average Bonchev–Trinajstić information content (AvgIpc) is 3.16. The molecule has 2 aliphatic rings. The lowest BCUT2D eigenvalue weighted by molar-refractivity contribution is -0.118. The standard InChI is InChI=1S/C25H24N2O2/c1-24(2)20-10-6-7-11-21(20)27-16-23(28)26-25(24,27)15-14-19-18-9-5-4-8-17(18)12-13-22(19)29-3/h4-15H,16H2,1-3H3,(H,26,28)/b15-14+/t25-/m1/s1. The molecule has 5 rings (SSSR count). The van der Waals surface area contributed by atoms with Crippen LogP contribution in [0.5, 0.6) is 5.75 Å². The van der Waals surface area contributed by atoms with Crippen LogP contribution in [0.15, 0.2) is 66.7 Å². The zero-order valence-electron chi connectivity index (χ0n) is 16.9. The molecule has 1 fully saturated rings. The number of carbonyl (C=O) groups excluding carboxylic acids is 1. The number of methoxy groups -OCH3 is 1. The van der Waals surface area contributed by atoms with E-state index >= 15 is 0 Å². The molecule has 0 radical (unpaired) electrons. The van der Waals surface area contributed by atoms with Crippen molar-refractivity contribution in [3.8, 4) is 5.75 Å². The molecule has 1 amide bonds. The van der Waals surface area contributed by atoms with E-state index in [1.807, 2.05) is 24.3 Å². The Morgan fingerprint density at radius 3 is 2.62 bits per heavy atom. The number of benzene rings is 3. The van der Waals surface area contributed by atoms with E-state index < -0.39 is 5.66 Å². The van der Waals surface area contributed by atoms with Crippen molar-refractivity contribution < 1.29 is 9.53 Å². The molecular weight excluding hydrogens is 360 g/mol. The maximum absolute atomic E-state index is 12.5. The Kier molecular flexibility index (Phi) is 3.75. The number of ether oxygens (including phenoxy) is 1. The second kappa shape index (κ2) is 6.11. The normalized spacial score (nSPS) is 22.0. The summed E-state index contributed by atoms with van der Waals surface area (Å²) in [7, 11) is 1.69. The maximum Gasteiger partial charge on any atom is 0.241 e. The number of para-hydroxylation sites is 1. The topological polar surface area (TPSA) is 41.6 Å². The molecule has 3 aromatic carbocycles. The van der Waals surface area contributed by atoms with Crippen LogP contribution in [0.2, 0.25) is 0 Å². The van der Waals surface area contributed by atoms with Gasteiger partial charge in [-0.05, 0) is 34.5 Å². The van der Waals surface area contributed by atoms with Crippen molar-refractivity contribution in [3.05, 3.63) is 77.9 Å². The average molecular weight is 384 g/mol. The maximum atomic E-state index is 12.5. The van der Waals surface area contributed by atoms with E-state index in [4.69, 9.17) is 4.74 Å². The Morgan fingerprint density at radius 1 is 1.03 bits per heavy atom. The van der Waals surface area contributed by atoms with Crippen LogP contribution >= 0.6 is 0 Å². The van der Waals surface area contributed by atoms with E-state index in [1.165, 1.54) is 5.56 Å². The van der Waals surface area contributed by atoms with Crippen molar-refractivity contribution in [1.82, 2.24) is 5.32 Å². The van der Waals surface area contributed by atoms with Gasteiger partial charge in [0.1, 0.15) is 11.4 Å². The van der Waals surface area contributed by atoms with Gasteiger partial charge < -0.3 is 15.0 Å². The molecule has 146 valence electrons. The lowest BCUT2D eigenvalue weighted by Gasteiger charge is -2.40. The summed E-state index contributed by atoms with van der Waals surface area (Å²) in [6.45, 7) is 4.75. The number of amides is 1. The third-order valence-electron chi connectivity index (χ3n) is 6.52. The van der Waals surface area contributed by atoms with Gasteiger partial charge in [0.15, 0.2) is 0 Å². The molecule has 3 aromatic rings. The highest BCUT2D eigenvalue weighted by Gasteiger charge is 2.59. The van der Waals surface area contributed by atoms with Gasteiger partial charge in [0.25, 0.3) is 0 Å². The van der Waals surface area contributed by atoms with E-state index in [0.29, 0.717) is 6.54 Å². The molecule has 2 heterocycles. The zero-order valence-corrected chi connectivity index (χ0v) is 16.9. The second-order valence-electron chi connectivity index (χ2n) is 8.28. The van der Waals surface area contributed by atoms with E-state index in [9.17, 15) is 4.79 Å². The van der Waals surface area contributed by atoms with Crippen molar-refractivity contribution in [1.29, 1.82) is 0 Å². The highest BCUT2D eigenvalue weighted by molar-refractivity contribution is 5.95. The van der Waals surface area contributed by atoms with Crippen molar-refractivity contribution in [2.75, 3.05) is 18.6 Å². The molecular formula is C25H24N2O2. The van der Waals surface area contributed by atoms with E-state index in [1.54, 1.807) is 7.11 Å². The number of carbonyl (C=O) groups is 1. The van der Waals surface area contributed by atoms with Gasteiger partial charge in [0, 0.05) is 16.7 Å². The zero-order chi connectivity index (χ0) is 20.2. The fourth-order valence-corrected chi connectivity index (χ4v) is 4.97. The third kappa shape index (κ3) is 2.35. The Hall–Kier alpha value is -3.27. The van der Waals surface area contributed by atoms with Crippen molar-refractivity contribution in [3.63, 3.8) is 0 Å². The summed E-state index contributed by atoms with van der Waals surface area (Å²) in [6, 6.07) is 20.7. The van der Waals surface area contributed by atoms with Crippen LogP contribution in [-0.4, -0.2) is 25.2 Å². The molecule has 0 bridgehead atoms. The molecule has 0 unspecified atom stereocenters. The molecule has 0 aromatic heterocycles. The SMILES string of the molecule is COc1ccc2ccccc2c1/C=C/[C@@]12NC(=O)CN1c1ccccc1C2(C)C. The number of rotatable bonds is 3. The summed E-state index contributed by atoms with van der Waals surface area (Å²) in [5, 5.41) is 5.57. The first-order chi connectivity index (χ1) is 14.0. The number of nitrogens with zero attached hydrogens (tertiary/aromatic N) is 1. The fraction of sp³-hybridized carbons (Fsp3) is 0.240. The van der Waals surface area contributed by atoms with Gasteiger partial charge in [-0.25, -0.2) is 0 Å². The van der Waals surface area contributed by atoms with Crippen molar-refractivity contribution >= 4 is 28.4 Å². The molecule has 4 nitrogen and oxygen atoms in total. The van der Waals surface area contributed by atoms with Gasteiger partial charge in [-0.15, -0.1) is 0 Å². The summed E-state index contributed by atoms with van der Waals surface area (Å²) in [5.41, 5.74) is 2.48. The summed E-state index contributed by atoms with van der Waals surface area (Å²) in [4.78, 5) is 14.7. The predicted molar refractivity (Wildman–Crippen MR) is 117 cm³/mol. The largest absolute Gasteiger partial charge is 0.496 e. The quantitative estimate of drug-likeness (QED) is 0.724. The Morgan fingerprint density at radius 2 is 1.79 bits per heavy atom. The van der Waals surface area contributed by atoms with Crippen molar-refractivity contribution in [2.24, 2.45) is 0 Å². The van der Waals surface area contributed by atoms with Crippen LogP contribution in [0.1, 0.15) is 25.0 Å². The number of nitrogens with one attached hydrogen (secondary N) is 1. The number of anilines is 1. The molecule has 2 aliphatic heterocycles. The monoisotopic (exact) mass is 384 g/mol. The first-order valence-electron chi connectivity index (χ1n) is 9.91. The minimum Gasteiger partial charge on any atom is -0.496 e.